The van der Waals surface area contributed by atoms with Crippen molar-refractivity contribution in [1.29, 1.82) is 0 Å². The van der Waals surface area contributed by atoms with Gasteiger partial charge in [0.15, 0.2) is 0 Å². The third kappa shape index (κ3) is 4.09. The highest BCUT2D eigenvalue weighted by Gasteiger charge is 1.94. The Morgan fingerprint density at radius 3 is 2.74 bits per heavy atom. The fourth-order valence-corrected chi connectivity index (χ4v) is 1.60. The molecule has 0 saturated heterocycles. The minimum absolute atomic E-state index is 0.599. The van der Waals surface area contributed by atoms with Crippen LogP contribution in [0.3, 0.4) is 0 Å². The van der Waals surface area contributed by atoms with Gasteiger partial charge >= 0.3 is 0 Å². The van der Waals surface area contributed by atoms with E-state index in [0.717, 1.165) is 16.8 Å². The highest BCUT2D eigenvalue weighted by molar-refractivity contribution is 5.59. The quantitative estimate of drug-likeness (QED) is 0.780. The normalized spacial score (nSPS) is 10.2. The van der Waals surface area contributed by atoms with E-state index in [9.17, 15) is 0 Å². The SMILES string of the molecule is COC/C=C/c1ccccc1C#Cc1ccccn1. The van der Waals surface area contributed by atoms with E-state index in [1.165, 1.54) is 0 Å². The number of pyridine rings is 1. The Hall–Kier alpha value is -2.37. The summed E-state index contributed by atoms with van der Waals surface area (Å²) >= 11 is 0. The molecule has 0 aliphatic rings. The molecule has 0 bridgehead atoms. The zero-order valence-electron chi connectivity index (χ0n) is 10.8. The van der Waals surface area contributed by atoms with Crippen molar-refractivity contribution in [2.24, 2.45) is 0 Å². The predicted molar refractivity (Wildman–Crippen MR) is 77.6 cm³/mol. The topological polar surface area (TPSA) is 22.1 Å². The molecule has 1 aromatic carbocycles. The second-order valence-electron chi connectivity index (χ2n) is 3.91. The van der Waals surface area contributed by atoms with Crippen molar-refractivity contribution in [3.05, 3.63) is 71.6 Å². The van der Waals surface area contributed by atoms with Gasteiger partial charge in [0.25, 0.3) is 0 Å². The van der Waals surface area contributed by atoms with E-state index in [0.29, 0.717) is 6.61 Å². The number of aromatic nitrogens is 1. The van der Waals surface area contributed by atoms with Crippen LogP contribution < -0.4 is 0 Å². The summed E-state index contributed by atoms with van der Waals surface area (Å²) in [5.41, 5.74) is 2.85. The van der Waals surface area contributed by atoms with E-state index in [-0.39, 0.29) is 0 Å². The first-order chi connectivity index (χ1) is 9.40. The van der Waals surface area contributed by atoms with Crippen LogP contribution in [0.25, 0.3) is 6.08 Å². The number of hydrogen-bond donors (Lipinski definition) is 0. The molecule has 1 aromatic heterocycles. The molecular formula is C17H15NO. The molecule has 0 unspecified atom stereocenters. The van der Waals surface area contributed by atoms with E-state index >= 15 is 0 Å². The second-order valence-corrected chi connectivity index (χ2v) is 3.91. The zero-order chi connectivity index (χ0) is 13.3. The zero-order valence-corrected chi connectivity index (χ0v) is 10.8. The lowest BCUT2D eigenvalue weighted by atomic mass is 10.1. The summed E-state index contributed by atoms with van der Waals surface area (Å²) in [6.45, 7) is 0.599. The van der Waals surface area contributed by atoms with Gasteiger partial charge in [-0.05, 0) is 29.7 Å². The molecule has 0 fully saturated rings. The lowest BCUT2D eigenvalue weighted by Gasteiger charge is -1.97. The minimum atomic E-state index is 0.599. The molecule has 2 nitrogen and oxygen atoms in total. The van der Waals surface area contributed by atoms with Crippen LogP contribution in [0, 0.1) is 11.8 Å². The van der Waals surface area contributed by atoms with Crippen LogP contribution >= 0.6 is 0 Å². The van der Waals surface area contributed by atoms with Crippen molar-refractivity contribution in [3.8, 4) is 11.8 Å². The maximum absolute atomic E-state index is 5.00. The highest BCUT2D eigenvalue weighted by atomic mass is 16.5. The van der Waals surface area contributed by atoms with E-state index in [1.54, 1.807) is 13.3 Å². The summed E-state index contributed by atoms with van der Waals surface area (Å²) in [5, 5.41) is 0. The molecule has 2 aromatic rings. The molecule has 0 atom stereocenters. The van der Waals surface area contributed by atoms with Gasteiger partial charge in [0.05, 0.1) is 6.61 Å². The molecule has 2 rings (SSSR count). The number of rotatable bonds is 3. The Labute approximate surface area is 113 Å². The Bertz CT molecular complexity index is 606. The largest absolute Gasteiger partial charge is 0.381 e. The third-order valence-electron chi connectivity index (χ3n) is 2.51. The van der Waals surface area contributed by atoms with Crippen molar-refractivity contribution in [2.75, 3.05) is 13.7 Å². The predicted octanol–water partition coefficient (Wildman–Crippen LogP) is 3.14. The Morgan fingerprint density at radius 2 is 1.95 bits per heavy atom. The molecule has 94 valence electrons. The van der Waals surface area contributed by atoms with Gasteiger partial charge < -0.3 is 4.74 Å². The molecule has 0 saturated carbocycles. The molecule has 0 radical (unpaired) electrons. The molecule has 1 heterocycles. The van der Waals surface area contributed by atoms with E-state index in [1.807, 2.05) is 54.6 Å². The standard InChI is InChI=1S/C17H15NO/c1-19-14-6-9-15-7-2-3-8-16(15)11-12-17-10-4-5-13-18-17/h2-10,13H,14H2,1H3/b9-6+. The highest BCUT2D eigenvalue weighted by Crippen LogP contribution is 2.09. The Kier molecular flexibility index (Phi) is 4.92. The molecule has 2 heteroatoms. The summed E-state index contributed by atoms with van der Waals surface area (Å²) < 4.78 is 5.00. The minimum Gasteiger partial charge on any atom is -0.381 e. The number of hydrogen-bond acceptors (Lipinski definition) is 2. The molecule has 0 spiro atoms. The number of nitrogens with zero attached hydrogens (tertiary/aromatic N) is 1. The lowest BCUT2D eigenvalue weighted by Crippen LogP contribution is -1.85. The van der Waals surface area contributed by atoms with Gasteiger partial charge in [-0.2, -0.15) is 0 Å². The molecule has 0 amide bonds. The maximum Gasteiger partial charge on any atom is 0.113 e. The summed E-state index contributed by atoms with van der Waals surface area (Å²) in [6.07, 6.45) is 5.74. The van der Waals surface area contributed by atoms with Crippen molar-refractivity contribution < 1.29 is 4.74 Å². The Balaban J connectivity index is 2.23. The lowest BCUT2D eigenvalue weighted by molar-refractivity contribution is 0.234. The van der Waals surface area contributed by atoms with Gasteiger partial charge in [0, 0.05) is 18.9 Å². The van der Waals surface area contributed by atoms with Gasteiger partial charge in [-0.15, -0.1) is 0 Å². The second kappa shape index (κ2) is 7.15. The monoisotopic (exact) mass is 249 g/mol. The van der Waals surface area contributed by atoms with Gasteiger partial charge in [-0.3, -0.25) is 0 Å². The first kappa shape index (κ1) is 13.1. The smallest absolute Gasteiger partial charge is 0.113 e. The molecule has 0 N–H and O–H groups in total. The number of ether oxygens (including phenoxy) is 1. The maximum atomic E-state index is 5.00. The van der Waals surface area contributed by atoms with Crippen molar-refractivity contribution >= 4 is 6.08 Å². The number of methoxy groups -OCH3 is 1. The van der Waals surface area contributed by atoms with Crippen LogP contribution in [-0.2, 0) is 4.74 Å². The first-order valence-corrected chi connectivity index (χ1v) is 6.08. The first-order valence-electron chi connectivity index (χ1n) is 6.08. The van der Waals surface area contributed by atoms with Gasteiger partial charge in [-0.25, -0.2) is 4.98 Å². The van der Waals surface area contributed by atoms with Gasteiger partial charge in [0.1, 0.15) is 5.69 Å². The summed E-state index contributed by atoms with van der Waals surface area (Å²) in [6, 6.07) is 13.7. The number of benzene rings is 1. The average molecular weight is 249 g/mol. The van der Waals surface area contributed by atoms with Crippen molar-refractivity contribution in [2.45, 2.75) is 0 Å². The van der Waals surface area contributed by atoms with Crippen LogP contribution in [-0.4, -0.2) is 18.7 Å². The van der Waals surface area contributed by atoms with E-state index in [2.05, 4.69) is 16.8 Å². The average Bonchev–Trinajstić information content (AvgIpc) is 2.48. The molecule has 0 aliphatic heterocycles. The van der Waals surface area contributed by atoms with Crippen molar-refractivity contribution in [3.63, 3.8) is 0 Å². The van der Waals surface area contributed by atoms with Crippen LogP contribution in [0.4, 0.5) is 0 Å². The fourth-order valence-electron chi connectivity index (χ4n) is 1.60. The van der Waals surface area contributed by atoms with E-state index < -0.39 is 0 Å². The van der Waals surface area contributed by atoms with Crippen LogP contribution in [0.15, 0.2) is 54.7 Å². The summed E-state index contributed by atoms with van der Waals surface area (Å²) in [4.78, 5) is 4.19. The van der Waals surface area contributed by atoms with Gasteiger partial charge in [0.2, 0.25) is 0 Å². The fraction of sp³-hybridized carbons (Fsp3) is 0.118. The van der Waals surface area contributed by atoms with E-state index in [4.69, 9.17) is 4.74 Å². The molecular weight excluding hydrogens is 234 g/mol. The van der Waals surface area contributed by atoms with Crippen LogP contribution in [0.1, 0.15) is 16.8 Å². The van der Waals surface area contributed by atoms with Crippen LogP contribution in [0.5, 0.6) is 0 Å². The van der Waals surface area contributed by atoms with Crippen LogP contribution in [0.2, 0.25) is 0 Å². The molecule has 0 aliphatic carbocycles. The summed E-state index contributed by atoms with van der Waals surface area (Å²) in [7, 11) is 1.68. The molecule has 19 heavy (non-hydrogen) atoms. The third-order valence-corrected chi connectivity index (χ3v) is 2.51. The summed E-state index contributed by atoms with van der Waals surface area (Å²) in [5.74, 6) is 6.22. The Morgan fingerprint density at radius 1 is 1.11 bits per heavy atom. The van der Waals surface area contributed by atoms with Crippen molar-refractivity contribution in [1.82, 2.24) is 4.98 Å². The van der Waals surface area contributed by atoms with Gasteiger partial charge in [-0.1, -0.05) is 42.3 Å².